The van der Waals surface area contributed by atoms with Crippen molar-refractivity contribution in [1.29, 1.82) is 0 Å². The lowest BCUT2D eigenvalue weighted by molar-refractivity contribution is 0.0507. The second-order valence-electron chi connectivity index (χ2n) is 7.73. The fraction of sp³-hybridized carbons (Fsp3) is 0.600. The highest BCUT2D eigenvalue weighted by molar-refractivity contribution is 6.30. The highest BCUT2D eigenvalue weighted by Crippen LogP contribution is 2.12. The van der Waals surface area contributed by atoms with E-state index in [9.17, 15) is 4.79 Å². The Labute approximate surface area is 172 Å². The van der Waals surface area contributed by atoms with Gasteiger partial charge in [0.05, 0.1) is 19.3 Å². The number of benzene rings is 1. The van der Waals surface area contributed by atoms with E-state index in [1.54, 1.807) is 7.05 Å². The van der Waals surface area contributed by atoms with Crippen molar-refractivity contribution in [2.24, 2.45) is 4.99 Å². The van der Waals surface area contributed by atoms with Crippen molar-refractivity contribution in [3.05, 3.63) is 34.9 Å². The maximum atomic E-state index is 11.9. The summed E-state index contributed by atoms with van der Waals surface area (Å²) in [6.45, 7) is 8.85. The zero-order valence-electron chi connectivity index (χ0n) is 17.1. The van der Waals surface area contributed by atoms with Crippen LogP contribution in [0.2, 0.25) is 5.02 Å². The smallest absolute Gasteiger partial charge is 0.407 e. The van der Waals surface area contributed by atoms with E-state index in [1.807, 2.05) is 45.0 Å². The molecule has 1 atom stereocenters. The summed E-state index contributed by atoms with van der Waals surface area (Å²) in [7, 11) is 1.76. The molecule has 1 fully saturated rings. The summed E-state index contributed by atoms with van der Waals surface area (Å²) in [5, 5.41) is 6.95. The molecule has 1 aromatic carbocycles. The molecule has 156 valence electrons. The van der Waals surface area contributed by atoms with Crippen LogP contribution >= 0.6 is 11.6 Å². The standard InChI is InChI=1S/C20H31ClN4O3/c1-20(2,3)28-19(26)24-17-9-11-25(13-17)18(22-4)23-10-12-27-14-15-5-7-16(21)8-6-15/h5-8,17H,9-14H2,1-4H3,(H,22,23)(H,24,26)/t17-/m1/s1. The molecular formula is C20H31ClN4O3. The summed E-state index contributed by atoms with van der Waals surface area (Å²) in [6, 6.07) is 7.67. The molecule has 0 radical (unpaired) electrons. The number of rotatable bonds is 6. The first-order valence-electron chi connectivity index (χ1n) is 9.54. The van der Waals surface area contributed by atoms with Gasteiger partial charge < -0.3 is 25.0 Å². The molecule has 0 saturated carbocycles. The Morgan fingerprint density at radius 1 is 1.32 bits per heavy atom. The molecule has 0 aliphatic carbocycles. The normalized spacial score (nSPS) is 17.5. The average Bonchev–Trinajstić information content (AvgIpc) is 3.06. The number of likely N-dealkylation sites (tertiary alicyclic amines) is 1. The number of hydrogen-bond acceptors (Lipinski definition) is 4. The van der Waals surface area contributed by atoms with Crippen molar-refractivity contribution >= 4 is 23.7 Å². The van der Waals surface area contributed by atoms with Crippen LogP contribution in [0, 0.1) is 0 Å². The van der Waals surface area contributed by atoms with Gasteiger partial charge in [0.1, 0.15) is 5.60 Å². The number of hydrogen-bond donors (Lipinski definition) is 2. The van der Waals surface area contributed by atoms with E-state index >= 15 is 0 Å². The fourth-order valence-corrected chi connectivity index (χ4v) is 3.01. The zero-order valence-corrected chi connectivity index (χ0v) is 17.9. The lowest BCUT2D eigenvalue weighted by atomic mass is 10.2. The molecule has 0 spiro atoms. The van der Waals surface area contributed by atoms with Crippen LogP contribution < -0.4 is 10.6 Å². The van der Waals surface area contributed by atoms with Gasteiger partial charge in [0, 0.05) is 31.7 Å². The summed E-state index contributed by atoms with van der Waals surface area (Å²) < 4.78 is 11.0. The highest BCUT2D eigenvalue weighted by atomic mass is 35.5. The molecule has 28 heavy (non-hydrogen) atoms. The number of nitrogens with one attached hydrogen (secondary N) is 2. The summed E-state index contributed by atoms with van der Waals surface area (Å²) in [5.74, 6) is 0.809. The Morgan fingerprint density at radius 3 is 2.68 bits per heavy atom. The number of amides is 1. The van der Waals surface area contributed by atoms with E-state index in [1.165, 1.54) is 0 Å². The van der Waals surface area contributed by atoms with E-state index in [0.717, 1.165) is 29.5 Å². The topological polar surface area (TPSA) is 75.2 Å². The predicted molar refractivity (Wildman–Crippen MR) is 112 cm³/mol. The summed E-state index contributed by atoms with van der Waals surface area (Å²) in [6.07, 6.45) is 0.477. The Balaban J connectivity index is 1.66. The minimum absolute atomic E-state index is 0.0505. The van der Waals surface area contributed by atoms with Gasteiger partial charge in [-0.25, -0.2) is 4.79 Å². The molecular weight excluding hydrogens is 380 g/mol. The first-order chi connectivity index (χ1) is 13.3. The first kappa shape index (κ1) is 22.3. The number of carbonyl (C=O) groups excluding carboxylic acids is 1. The van der Waals surface area contributed by atoms with Crippen LogP contribution in [0.25, 0.3) is 0 Å². The van der Waals surface area contributed by atoms with Crippen molar-refractivity contribution in [3.63, 3.8) is 0 Å². The first-order valence-corrected chi connectivity index (χ1v) is 9.92. The summed E-state index contributed by atoms with van der Waals surface area (Å²) in [4.78, 5) is 18.4. The zero-order chi connectivity index (χ0) is 20.6. The minimum Gasteiger partial charge on any atom is -0.444 e. The molecule has 0 aromatic heterocycles. The number of halogens is 1. The molecule has 8 heteroatoms. The van der Waals surface area contributed by atoms with Gasteiger partial charge in [0.25, 0.3) is 0 Å². The monoisotopic (exact) mass is 410 g/mol. The Bertz CT molecular complexity index is 658. The molecule has 1 saturated heterocycles. The molecule has 7 nitrogen and oxygen atoms in total. The fourth-order valence-electron chi connectivity index (χ4n) is 2.88. The predicted octanol–water partition coefficient (Wildman–Crippen LogP) is 3.03. The number of guanidine groups is 1. The molecule has 2 N–H and O–H groups in total. The SMILES string of the molecule is CN=C(NCCOCc1ccc(Cl)cc1)N1CC[C@@H](NC(=O)OC(C)(C)C)C1. The van der Waals surface area contributed by atoms with E-state index in [2.05, 4.69) is 20.5 Å². The molecule has 0 unspecified atom stereocenters. The minimum atomic E-state index is -0.494. The molecule has 1 heterocycles. The molecule has 0 bridgehead atoms. The van der Waals surface area contributed by atoms with Crippen LogP contribution in [-0.2, 0) is 16.1 Å². The van der Waals surface area contributed by atoms with Crippen LogP contribution in [0.15, 0.2) is 29.3 Å². The van der Waals surface area contributed by atoms with E-state index < -0.39 is 5.60 Å². The third kappa shape index (κ3) is 7.94. The Kier molecular flexibility index (Phi) is 8.38. The van der Waals surface area contributed by atoms with Crippen molar-refractivity contribution < 1.29 is 14.3 Å². The maximum Gasteiger partial charge on any atom is 0.407 e. The van der Waals surface area contributed by atoms with E-state index in [4.69, 9.17) is 21.1 Å². The number of ether oxygens (including phenoxy) is 2. The Morgan fingerprint density at radius 2 is 2.04 bits per heavy atom. The summed E-state index contributed by atoms with van der Waals surface area (Å²) in [5.41, 5.74) is 0.593. The molecule has 1 amide bonds. The number of alkyl carbamates (subject to hydrolysis) is 1. The van der Waals surface area contributed by atoms with Crippen LogP contribution in [-0.4, -0.2) is 61.9 Å². The van der Waals surface area contributed by atoms with Crippen molar-refractivity contribution in [3.8, 4) is 0 Å². The van der Waals surface area contributed by atoms with Gasteiger partial charge in [0.15, 0.2) is 5.96 Å². The summed E-state index contributed by atoms with van der Waals surface area (Å²) >= 11 is 5.88. The highest BCUT2D eigenvalue weighted by Gasteiger charge is 2.27. The largest absolute Gasteiger partial charge is 0.444 e. The number of carbonyl (C=O) groups is 1. The quantitative estimate of drug-likeness (QED) is 0.428. The molecule has 2 rings (SSSR count). The van der Waals surface area contributed by atoms with Gasteiger partial charge in [0.2, 0.25) is 0 Å². The number of nitrogens with zero attached hydrogens (tertiary/aromatic N) is 2. The molecule has 1 aliphatic heterocycles. The molecule has 1 aliphatic rings. The van der Waals surface area contributed by atoms with Crippen LogP contribution in [0.1, 0.15) is 32.8 Å². The van der Waals surface area contributed by atoms with Crippen molar-refractivity contribution in [1.82, 2.24) is 15.5 Å². The van der Waals surface area contributed by atoms with Crippen molar-refractivity contribution in [2.75, 3.05) is 33.3 Å². The third-order valence-electron chi connectivity index (χ3n) is 4.13. The van der Waals surface area contributed by atoms with Gasteiger partial charge in [-0.05, 0) is 44.9 Å². The lowest BCUT2D eigenvalue weighted by Gasteiger charge is -2.23. The molecule has 1 aromatic rings. The third-order valence-corrected chi connectivity index (χ3v) is 4.38. The van der Waals surface area contributed by atoms with Crippen LogP contribution in [0.5, 0.6) is 0 Å². The van der Waals surface area contributed by atoms with Crippen LogP contribution in [0.3, 0.4) is 0 Å². The van der Waals surface area contributed by atoms with E-state index in [-0.39, 0.29) is 12.1 Å². The average molecular weight is 411 g/mol. The van der Waals surface area contributed by atoms with Gasteiger partial charge >= 0.3 is 6.09 Å². The Hall–Kier alpha value is -1.99. The number of aliphatic imine (C=N–C) groups is 1. The van der Waals surface area contributed by atoms with Gasteiger partial charge in [-0.2, -0.15) is 0 Å². The van der Waals surface area contributed by atoms with Crippen LogP contribution in [0.4, 0.5) is 4.79 Å². The maximum absolute atomic E-state index is 11.9. The van der Waals surface area contributed by atoms with Crippen molar-refractivity contribution in [2.45, 2.75) is 45.4 Å². The second-order valence-corrected chi connectivity index (χ2v) is 8.17. The van der Waals surface area contributed by atoms with Gasteiger partial charge in [-0.3, -0.25) is 4.99 Å². The van der Waals surface area contributed by atoms with Gasteiger partial charge in [-0.1, -0.05) is 23.7 Å². The lowest BCUT2D eigenvalue weighted by Crippen LogP contribution is -2.44. The second kappa shape index (κ2) is 10.5. The van der Waals surface area contributed by atoms with E-state index in [0.29, 0.717) is 26.3 Å². The van der Waals surface area contributed by atoms with Gasteiger partial charge in [-0.15, -0.1) is 0 Å².